The second-order valence-corrected chi connectivity index (χ2v) is 2.50. The van der Waals surface area contributed by atoms with Crippen LogP contribution in [0.1, 0.15) is 12.1 Å². The first-order valence-corrected chi connectivity index (χ1v) is 3.81. The van der Waals surface area contributed by atoms with E-state index in [2.05, 4.69) is 10.2 Å². The number of rotatable bonds is 5. The maximum atomic E-state index is 10.1. The second-order valence-electron chi connectivity index (χ2n) is 2.50. The molecule has 1 heterocycles. The molecule has 0 aliphatic rings. The fourth-order valence-corrected chi connectivity index (χ4v) is 0.992. The number of nitriles is 1. The van der Waals surface area contributed by atoms with Crippen LogP contribution in [0.5, 0.6) is 0 Å². The number of aromatic nitrogens is 2. The van der Waals surface area contributed by atoms with Gasteiger partial charge < -0.3 is 4.74 Å². The first-order valence-electron chi connectivity index (χ1n) is 3.81. The highest BCUT2D eigenvalue weighted by Crippen LogP contribution is 2.04. The summed E-state index contributed by atoms with van der Waals surface area (Å²) in [5.41, 5.74) is 0.849. The molecule has 0 aliphatic heterocycles. The van der Waals surface area contributed by atoms with Crippen molar-refractivity contribution >= 4 is 6.47 Å². The molecular formula is C8H9N3O2. The van der Waals surface area contributed by atoms with Crippen molar-refractivity contribution in [2.45, 2.75) is 18.9 Å². The van der Waals surface area contributed by atoms with Crippen LogP contribution in [0.2, 0.25) is 0 Å². The number of carbonyl (C=O) groups excluding carboxylic acids is 1. The zero-order valence-corrected chi connectivity index (χ0v) is 6.93. The molecule has 1 N–H and O–H groups in total. The summed E-state index contributed by atoms with van der Waals surface area (Å²) >= 11 is 0. The summed E-state index contributed by atoms with van der Waals surface area (Å²) in [5.74, 6) is 0. The Morgan fingerprint density at radius 2 is 2.69 bits per heavy atom. The Balaban J connectivity index is 2.48. The molecule has 13 heavy (non-hydrogen) atoms. The molecule has 68 valence electrons. The average Bonchev–Trinajstić information content (AvgIpc) is 2.58. The molecule has 1 atom stereocenters. The topological polar surface area (TPSA) is 78.8 Å². The molecular weight excluding hydrogens is 170 g/mol. The van der Waals surface area contributed by atoms with E-state index in [0.29, 0.717) is 12.9 Å². The summed E-state index contributed by atoms with van der Waals surface area (Å²) in [6.45, 7) is 0.359. The Morgan fingerprint density at radius 3 is 3.23 bits per heavy atom. The molecule has 0 radical (unpaired) electrons. The van der Waals surface area contributed by atoms with Crippen LogP contribution in [0.3, 0.4) is 0 Å². The molecule has 0 bridgehead atoms. The molecule has 1 aromatic heterocycles. The van der Waals surface area contributed by atoms with Crippen molar-refractivity contribution in [3.05, 3.63) is 18.0 Å². The maximum absolute atomic E-state index is 10.1. The van der Waals surface area contributed by atoms with E-state index in [4.69, 9.17) is 10.00 Å². The summed E-state index contributed by atoms with van der Waals surface area (Å²) < 4.78 is 4.70. The van der Waals surface area contributed by atoms with Crippen LogP contribution >= 0.6 is 0 Å². The summed E-state index contributed by atoms with van der Waals surface area (Å²) in [5, 5.41) is 14.9. The SMILES string of the molecule is N#CCC(Cc1ccn[nH]1)OC=O. The lowest BCUT2D eigenvalue weighted by molar-refractivity contribution is -0.133. The molecule has 5 heteroatoms. The third-order valence-electron chi connectivity index (χ3n) is 1.57. The zero-order chi connectivity index (χ0) is 9.52. The molecule has 1 unspecified atom stereocenters. The summed E-state index contributed by atoms with van der Waals surface area (Å²) in [6, 6.07) is 3.72. The largest absolute Gasteiger partial charge is 0.463 e. The van der Waals surface area contributed by atoms with Crippen LogP contribution in [0, 0.1) is 11.3 Å². The molecule has 0 fully saturated rings. The van der Waals surface area contributed by atoms with E-state index >= 15 is 0 Å². The molecule has 0 saturated carbocycles. The number of nitrogens with one attached hydrogen (secondary N) is 1. The fraction of sp³-hybridized carbons (Fsp3) is 0.375. The van der Waals surface area contributed by atoms with Crippen molar-refractivity contribution in [3.63, 3.8) is 0 Å². The minimum absolute atomic E-state index is 0.192. The zero-order valence-electron chi connectivity index (χ0n) is 6.93. The smallest absolute Gasteiger partial charge is 0.293 e. The van der Waals surface area contributed by atoms with E-state index in [-0.39, 0.29) is 12.5 Å². The minimum Gasteiger partial charge on any atom is -0.463 e. The quantitative estimate of drug-likeness (QED) is 0.664. The van der Waals surface area contributed by atoms with Gasteiger partial charge in [0, 0.05) is 18.3 Å². The predicted octanol–water partition coefficient (Wildman–Crippen LogP) is 0.407. The highest BCUT2D eigenvalue weighted by Gasteiger charge is 2.10. The average molecular weight is 179 g/mol. The standard InChI is InChI=1S/C8H9N3O2/c9-3-1-8(13-6-12)5-7-2-4-10-11-7/h2,4,6,8H,1,5H2,(H,10,11). The number of hydrogen-bond acceptors (Lipinski definition) is 4. The molecule has 0 amide bonds. The normalized spacial score (nSPS) is 11.6. The fourth-order valence-electron chi connectivity index (χ4n) is 0.992. The lowest BCUT2D eigenvalue weighted by Crippen LogP contribution is -2.14. The van der Waals surface area contributed by atoms with Crippen LogP contribution in [-0.4, -0.2) is 22.8 Å². The van der Waals surface area contributed by atoms with Gasteiger partial charge in [-0.3, -0.25) is 9.89 Å². The van der Waals surface area contributed by atoms with Gasteiger partial charge >= 0.3 is 0 Å². The lowest BCUT2D eigenvalue weighted by atomic mass is 10.1. The van der Waals surface area contributed by atoms with Crippen LogP contribution in [0.25, 0.3) is 0 Å². The molecule has 0 saturated heterocycles. The van der Waals surface area contributed by atoms with Gasteiger partial charge in [0.05, 0.1) is 12.5 Å². The Kier molecular flexibility index (Phi) is 3.51. The van der Waals surface area contributed by atoms with E-state index in [1.165, 1.54) is 0 Å². The van der Waals surface area contributed by atoms with Crippen molar-refractivity contribution in [3.8, 4) is 6.07 Å². The van der Waals surface area contributed by atoms with Gasteiger partial charge in [0.25, 0.3) is 6.47 Å². The van der Waals surface area contributed by atoms with E-state index in [9.17, 15) is 4.79 Å². The summed E-state index contributed by atoms with van der Waals surface area (Å²) in [7, 11) is 0. The second kappa shape index (κ2) is 4.93. The Bertz CT molecular complexity index is 289. The van der Waals surface area contributed by atoms with Gasteiger partial charge in [0.2, 0.25) is 0 Å². The van der Waals surface area contributed by atoms with Gasteiger partial charge in [-0.1, -0.05) is 0 Å². The number of carbonyl (C=O) groups is 1. The van der Waals surface area contributed by atoms with E-state index < -0.39 is 0 Å². The van der Waals surface area contributed by atoms with Crippen LogP contribution < -0.4 is 0 Å². The number of hydrogen-bond donors (Lipinski definition) is 1. The molecule has 1 rings (SSSR count). The van der Waals surface area contributed by atoms with Crippen molar-refractivity contribution in [1.29, 1.82) is 5.26 Å². The first kappa shape index (κ1) is 9.26. The van der Waals surface area contributed by atoms with Gasteiger partial charge in [-0.15, -0.1) is 0 Å². The van der Waals surface area contributed by atoms with Crippen LogP contribution in [-0.2, 0) is 16.0 Å². The first-order chi connectivity index (χ1) is 6.36. The highest BCUT2D eigenvalue weighted by atomic mass is 16.5. The Hall–Kier alpha value is -1.83. The van der Waals surface area contributed by atoms with Crippen LogP contribution in [0.4, 0.5) is 0 Å². The van der Waals surface area contributed by atoms with Crippen molar-refractivity contribution in [2.24, 2.45) is 0 Å². The number of nitrogens with zero attached hydrogens (tertiary/aromatic N) is 2. The monoisotopic (exact) mass is 179 g/mol. The third kappa shape index (κ3) is 2.95. The van der Waals surface area contributed by atoms with Crippen molar-refractivity contribution in [1.82, 2.24) is 10.2 Å². The molecule has 0 aromatic carbocycles. The molecule has 5 nitrogen and oxygen atoms in total. The lowest BCUT2D eigenvalue weighted by Gasteiger charge is -2.09. The molecule has 0 aliphatic carbocycles. The van der Waals surface area contributed by atoms with E-state index in [1.807, 2.05) is 6.07 Å². The van der Waals surface area contributed by atoms with Gasteiger partial charge in [-0.2, -0.15) is 10.4 Å². The van der Waals surface area contributed by atoms with E-state index in [1.54, 1.807) is 12.3 Å². The number of ether oxygens (including phenoxy) is 1. The Labute approximate surface area is 75.3 Å². The summed E-state index contributed by atoms with van der Waals surface area (Å²) in [4.78, 5) is 10.1. The Morgan fingerprint density at radius 1 is 1.85 bits per heavy atom. The van der Waals surface area contributed by atoms with Crippen LogP contribution in [0.15, 0.2) is 12.3 Å². The molecule has 1 aromatic rings. The van der Waals surface area contributed by atoms with Crippen molar-refractivity contribution in [2.75, 3.05) is 0 Å². The molecule has 0 spiro atoms. The number of aromatic amines is 1. The van der Waals surface area contributed by atoms with Gasteiger partial charge in [0.15, 0.2) is 0 Å². The maximum Gasteiger partial charge on any atom is 0.293 e. The number of H-pyrrole nitrogens is 1. The van der Waals surface area contributed by atoms with Gasteiger partial charge in [0.1, 0.15) is 6.10 Å². The van der Waals surface area contributed by atoms with Crippen molar-refractivity contribution < 1.29 is 9.53 Å². The third-order valence-corrected chi connectivity index (χ3v) is 1.57. The predicted molar refractivity (Wildman–Crippen MR) is 43.5 cm³/mol. The summed E-state index contributed by atoms with van der Waals surface area (Å²) in [6.07, 6.45) is 1.91. The highest BCUT2D eigenvalue weighted by molar-refractivity contribution is 5.37. The minimum atomic E-state index is -0.386. The van der Waals surface area contributed by atoms with Gasteiger partial charge in [-0.05, 0) is 6.07 Å². The van der Waals surface area contributed by atoms with E-state index in [0.717, 1.165) is 5.69 Å². The van der Waals surface area contributed by atoms with Gasteiger partial charge in [-0.25, -0.2) is 0 Å².